The molecule has 2 atom stereocenters. The number of likely N-dealkylation sites (tertiary alicyclic amines) is 1. The van der Waals surface area contributed by atoms with Crippen molar-refractivity contribution in [2.75, 3.05) is 13.1 Å². The topological polar surface area (TPSA) is 80.0 Å². The van der Waals surface area contributed by atoms with Crippen LogP contribution in [-0.4, -0.2) is 34.6 Å². The molecule has 2 fully saturated rings. The van der Waals surface area contributed by atoms with Gasteiger partial charge in [0, 0.05) is 40.5 Å². The Bertz CT molecular complexity index is 1370. The number of hydrogen-bond donors (Lipinski definition) is 1. The molecule has 190 valence electrons. The Labute approximate surface area is 217 Å². The highest BCUT2D eigenvalue weighted by atomic mass is 79.9. The molecule has 1 aliphatic carbocycles. The summed E-state index contributed by atoms with van der Waals surface area (Å²) in [5.41, 5.74) is 0.613. The third-order valence-corrected chi connectivity index (χ3v) is 8.27. The van der Waals surface area contributed by atoms with Crippen LogP contribution in [0.5, 0.6) is 5.75 Å². The van der Waals surface area contributed by atoms with Crippen LogP contribution in [0.15, 0.2) is 50.1 Å². The van der Waals surface area contributed by atoms with Crippen molar-refractivity contribution >= 4 is 32.8 Å². The fraction of sp³-hybridized carbons (Fsp3) is 0.429. The van der Waals surface area contributed by atoms with Gasteiger partial charge in [-0.2, -0.15) is 0 Å². The lowest BCUT2D eigenvalue weighted by Crippen LogP contribution is -2.55. The molecule has 0 unspecified atom stereocenters. The summed E-state index contributed by atoms with van der Waals surface area (Å²) >= 11 is 3.24. The second-order valence-corrected chi connectivity index (χ2v) is 10.9. The minimum atomic E-state index is -0.657. The standard InChI is InChI=1S/C28H29BrFNO5/c1-17-22-8-7-21(35-16-18-5-6-20(29)12-24(18)30)13-25(22)36-27(33)23(17)14-26(32)31-11-10-28(34)9-3-2-4-19(28)15-31/h5-8,12-13,19,34H,2-4,9-11,14-16H2,1H3/t19-,28+/m0/s1. The predicted molar refractivity (Wildman–Crippen MR) is 137 cm³/mol. The Morgan fingerprint density at radius 1 is 1.25 bits per heavy atom. The quantitative estimate of drug-likeness (QED) is 0.432. The van der Waals surface area contributed by atoms with Crippen molar-refractivity contribution in [3.05, 3.63) is 73.8 Å². The Balaban J connectivity index is 1.31. The van der Waals surface area contributed by atoms with Crippen LogP contribution in [0.3, 0.4) is 0 Å². The highest BCUT2D eigenvalue weighted by Gasteiger charge is 2.43. The van der Waals surface area contributed by atoms with Gasteiger partial charge in [0.25, 0.3) is 0 Å². The van der Waals surface area contributed by atoms with Crippen LogP contribution in [-0.2, 0) is 17.8 Å². The first kappa shape index (κ1) is 25.0. The Morgan fingerprint density at radius 3 is 2.89 bits per heavy atom. The summed E-state index contributed by atoms with van der Waals surface area (Å²) in [6, 6.07) is 9.91. The van der Waals surface area contributed by atoms with Crippen LogP contribution in [0.2, 0.25) is 0 Å². The first-order valence-electron chi connectivity index (χ1n) is 12.4. The molecule has 3 aromatic rings. The number of carbonyl (C=O) groups is 1. The molecule has 1 aromatic heterocycles. The van der Waals surface area contributed by atoms with E-state index in [0.29, 0.717) is 52.0 Å². The van der Waals surface area contributed by atoms with Gasteiger partial charge in [0.2, 0.25) is 5.91 Å². The summed E-state index contributed by atoms with van der Waals surface area (Å²) < 4.78 is 26.0. The van der Waals surface area contributed by atoms with E-state index in [1.807, 2.05) is 6.92 Å². The van der Waals surface area contributed by atoms with Gasteiger partial charge in [0.05, 0.1) is 17.6 Å². The van der Waals surface area contributed by atoms with E-state index in [2.05, 4.69) is 15.9 Å². The monoisotopic (exact) mass is 557 g/mol. The van der Waals surface area contributed by atoms with E-state index in [-0.39, 0.29) is 30.7 Å². The zero-order valence-corrected chi connectivity index (χ0v) is 21.8. The van der Waals surface area contributed by atoms with Crippen LogP contribution >= 0.6 is 15.9 Å². The van der Waals surface area contributed by atoms with E-state index < -0.39 is 11.2 Å². The molecule has 0 radical (unpaired) electrons. The van der Waals surface area contributed by atoms with Gasteiger partial charge in [-0.1, -0.05) is 34.8 Å². The number of benzene rings is 2. The zero-order valence-electron chi connectivity index (χ0n) is 20.2. The lowest BCUT2D eigenvalue weighted by Gasteiger charge is -2.47. The van der Waals surface area contributed by atoms with Crippen LogP contribution in [0.4, 0.5) is 4.39 Å². The third kappa shape index (κ3) is 4.93. The fourth-order valence-corrected chi connectivity index (χ4v) is 5.86. The molecule has 1 saturated carbocycles. The summed E-state index contributed by atoms with van der Waals surface area (Å²) in [6.07, 6.45) is 4.39. The largest absolute Gasteiger partial charge is 0.489 e. The summed E-state index contributed by atoms with van der Waals surface area (Å²) in [5.74, 6) is 0.0596. The molecule has 2 heterocycles. The molecule has 0 spiro atoms. The van der Waals surface area contributed by atoms with Gasteiger partial charge in [0.1, 0.15) is 23.8 Å². The first-order valence-corrected chi connectivity index (χ1v) is 13.2. The minimum absolute atomic E-state index is 0.0314. The number of piperidine rings is 1. The van der Waals surface area contributed by atoms with Gasteiger partial charge in [-0.05, 0) is 56.0 Å². The van der Waals surface area contributed by atoms with Crippen LogP contribution in [0.25, 0.3) is 11.0 Å². The molecule has 36 heavy (non-hydrogen) atoms. The minimum Gasteiger partial charge on any atom is -0.489 e. The molecule has 1 N–H and O–H groups in total. The first-order chi connectivity index (χ1) is 17.2. The van der Waals surface area contributed by atoms with E-state index in [1.165, 1.54) is 6.07 Å². The average molecular weight is 558 g/mol. The lowest BCUT2D eigenvalue weighted by atomic mass is 9.71. The molecule has 1 saturated heterocycles. The smallest absolute Gasteiger partial charge is 0.340 e. The third-order valence-electron chi connectivity index (χ3n) is 7.78. The van der Waals surface area contributed by atoms with Crippen LogP contribution in [0.1, 0.15) is 48.8 Å². The van der Waals surface area contributed by atoms with Crippen LogP contribution in [0, 0.1) is 18.7 Å². The van der Waals surface area contributed by atoms with Crippen LogP contribution < -0.4 is 10.4 Å². The molecule has 2 aliphatic rings. The van der Waals surface area contributed by atoms with Crippen molar-refractivity contribution in [3.8, 4) is 5.75 Å². The van der Waals surface area contributed by atoms with E-state index in [0.717, 1.165) is 31.1 Å². The van der Waals surface area contributed by atoms with Gasteiger partial charge >= 0.3 is 5.63 Å². The van der Waals surface area contributed by atoms with E-state index in [9.17, 15) is 19.1 Å². The molecule has 1 aliphatic heterocycles. The number of aliphatic hydroxyl groups is 1. The Kier molecular flexibility index (Phi) is 6.92. The Hall–Kier alpha value is -2.71. The van der Waals surface area contributed by atoms with Crippen molar-refractivity contribution < 1.29 is 23.4 Å². The zero-order chi connectivity index (χ0) is 25.4. The molecule has 5 rings (SSSR count). The maximum absolute atomic E-state index is 14.1. The van der Waals surface area contributed by atoms with Crippen molar-refractivity contribution in [1.82, 2.24) is 4.90 Å². The van der Waals surface area contributed by atoms with Gasteiger partial charge in [-0.3, -0.25) is 4.79 Å². The number of rotatable bonds is 5. The van der Waals surface area contributed by atoms with E-state index in [1.54, 1.807) is 35.2 Å². The summed E-state index contributed by atoms with van der Waals surface area (Å²) in [4.78, 5) is 27.7. The van der Waals surface area contributed by atoms with Crippen molar-refractivity contribution in [3.63, 3.8) is 0 Å². The van der Waals surface area contributed by atoms with E-state index >= 15 is 0 Å². The number of ether oxygens (including phenoxy) is 1. The number of hydrogen-bond acceptors (Lipinski definition) is 5. The SMILES string of the molecule is Cc1c(CC(=O)N2CC[C@]3(O)CCCC[C@H]3C2)c(=O)oc2cc(OCc3ccc(Br)cc3F)ccc12. The second-order valence-electron chi connectivity index (χ2n) is 9.99. The summed E-state index contributed by atoms with van der Waals surface area (Å²) in [6.45, 7) is 2.89. The van der Waals surface area contributed by atoms with Crippen molar-refractivity contribution in [1.29, 1.82) is 0 Å². The number of nitrogens with zero attached hydrogens (tertiary/aromatic N) is 1. The van der Waals surface area contributed by atoms with Gasteiger partial charge in [0.15, 0.2) is 0 Å². The number of carbonyl (C=O) groups excluding carboxylic acids is 1. The van der Waals surface area contributed by atoms with Gasteiger partial charge < -0.3 is 19.2 Å². The fourth-order valence-electron chi connectivity index (χ4n) is 5.53. The van der Waals surface area contributed by atoms with Crippen molar-refractivity contribution in [2.45, 2.75) is 57.7 Å². The maximum atomic E-state index is 14.1. The molecule has 2 aromatic carbocycles. The number of aryl methyl sites for hydroxylation is 1. The molecule has 1 amide bonds. The lowest BCUT2D eigenvalue weighted by molar-refractivity contribution is -0.142. The number of amides is 1. The highest BCUT2D eigenvalue weighted by Crippen LogP contribution is 2.40. The van der Waals surface area contributed by atoms with Crippen molar-refractivity contribution in [2.24, 2.45) is 5.92 Å². The predicted octanol–water partition coefficient (Wildman–Crippen LogP) is 5.28. The molecular weight excluding hydrogens is 529 g/mol. The number of fused-ring (bicyclic) bond motifs is 2. The Morgan fingerprint density at radius 2 is 2.08 bits per heavy atom. The number of halogens is 2. The molecule has 0 bridgehead atoms. The van der Waals surface area contributed by atoms with Gasteiger partial charge in [-0.25, -0.2) is 9.18 Å². The van der Waals surface area contributed by atoms with E-state index in [4.69, 9.17) is 9.15 Å². The molecular formula is C28H29BrFNO5. The maximum Gasteiger partial charge on any atom is 0.340 e. The second kappa shape index (κ2) is 9.98. The molecule has 8 heteroatoms. The highest BCUT2D eigenvalue weighted by molar-refractivity contribution is 9.10. The molecule has 6 nitrogen and oxygen atoms in total. The van der Waals surface area contributed by atoms with Gasteiger partial charge in [-0.15, -0.1) is 0 Å². The normalized spacial score (nSPS) is 21.9. The summed E-state index contributed by atoms with van der Waals surface area (Å²) in [5, 5.41) is 11.6. The average Bonchev–Trinajstić information content (AvgIpc) is 2.85. The summed E-state index contributed by atoms with van der Waals surface area (Å²) in [7, 11) is 0.